The van der Waals surface area contributed by atoms with Gasteiger partial charge in [0, 0.05) is 5.02 Å². The summed E-state index contributed by atoms with van der Waals surface area (Å²) in [5.41, 5.74) is 9.76. The first kappa shape index (κ1) is 14.8. The second kappa shape index (κ2) is 6.63. The average Bonchev–Trinajstić information content (AvgIpc) is 2.29. The fourth-order valence-corrected chi connectivity index (χ4v) is 1.54. The maximum Gasteiger partial charge on any atom is 0.279 e. The molecule has 0 aliphatic carbocycles. The summed E-state index contributed by atoms with van der Waals surface area (Å²) in [5.74, 6) is -0.0761. The second-order valence-electron chi connectivity index (χ2n) is 3.31. The minimum atomic E-state index is -0.773. The third kappa shape index (κ3) is 4.56. The van der Waals surface area contributed by atoms with Gasteiger partial charge in [0.2, 0.25) is 0 Å². The lowest BCUT2D eigenvalue weighted by molar-refractivity contribution is -0.127. The van der Waals surface area contributed by atoms with Gasteiger partial charge in [-0.25, -0.2) is 0 Å². The van der Waals surface area contributed by atoms with E-state index < -0.39 is 12.0 Å². The zero-order valence-corrected chi connectivity index (χ0v) is 11.7. The lowest BCUT2D eigenvalue weighted by Crippen LogP contribution is -2.48. The summed E-state index contributed by atoms with van der Waals surface area (Å²) in [6.07, 6.45) is -0.773. The largest absolute Gasteiger partial charge is 0.479 e. The molecule has 4 N–H and O–H groups in total. The minimum Gasteiger partial charge on any atom is -0.479 e. The first-order chi connectivity index (χ1) is 8.40. The summed E-state index contributed by atoms with van der Waals surface area (Å²) < 4.78 is 5.37. The monoisotopic (exact) mass is 307 g/mol. The Kier molecular flexibility index (Phi) is 5.46. The first-order valence-electron chi connectivity index (χ1n) is 4.87. The van der Waals surface area contributed by atoms with Crippen molar-refractivity contribution in [1.29, 1.82) is 0 Å². The highest BCUT2D eigenvalue weighted by molar-refractivity contribution is 7.80. The van der Waals surface area contributed by atoms with Gasteiger partial charge in [-0.05, 0) is 37.3 Å². The molecule has 8 heteroatoms. The molecule has 0 radical (unpaired) electrons. The molecule has 1 aromatic carbocycles. The van der Waals surface area contributed by atoms with Gasteiger partial charge in [0.05, 0.1) is 5.02 Å². The molecule has 0 fully saturated rings. The van der Waals surface area contributed by atoms with Crippen LogP contribution in [0.25, 0.3) is 0 Å². The third-order valence-electron chi connectivity index (χ3n) is 1.88. The number of carbonyl (C=O) groups is 1. The number of amides is 1. The second-order valence-corrected chi connectivity index (χ2v) is 4.60. The fraction of sp³-hybridized carbons (Fsp3) is 0.200. The average molecular weight is 308 g/mol. The topological polar surface area (TPSA) is 76.4 Å². The van der Waals surface area contributed by atoms with Crippen LogP contribution >= 0.6 is 35.4 Å². The zero-order chi connectivity index (χ0) is 13.7. The molecule has 1 unspecified atom stereocenters. The molecule has 0 aliphatic heterocycles. The van der Waals surface area contributed by atoms with Crippen molar-refractivity contribution in [2.45, 2.75) is 13.0 Å². The van der Waals surface area contributed by atoms with E-state index in [0.29, 0.717) is 15.8 Å². The van der Waals surface area contributed by atoms with Crippen LogP contribution in [-0.4, -0.2) is 17.1 Å². The van der Waals surface area contributed by atoms with Gasteiger partial charge in [0.25, 0.3) is 5.91 Å². The van der Waals surface area contributed by atoms with Gasteiger partial charge >= 0.3 is 0 Å². The van der Waals surface area contributed by atoms with E-state index in [4.69, 9.17) is 33.7 Å². The highest BCUT2D eigenvalue weighted by atomic mass is 35.5. The molecule has 1 rings (SSSR count). The predicted octanol–water partition coefficient (Wildman–Crippen LogP) is 1.63. The van der Waals surface area contributed by atoms with Crippen molar-refractivity contribution in [1.82, 2.24) is 10.9 Å². The van der Waals surface area contributed by atoms with Crippen LogP contribution in [-0.2, 0) is 4.79 Å². The molecule has 0 aromatic heterocycles. The van der Waals surface area contributed by atoms with Gasteiger partial charge in [0.1, 0.15) is 5.75 Å². The van der Waals surface area contributed by atoms with Crippen LogP contribution < -0.4 is 21.3 Å². The van der Waals surface area contributed by atoms with E-state index in [1.54, 1.807) is 19.1 Å². The van der Waals surface area contributed by atoms with Crippen molar-refractivity contribution in [3.8, 4) is 5.75 Å². The van der Waals surface area contributed by atoms with Gasteiger partial charge in [-0.15, -0.1) is 0 Å². The van der Waals surface area contributed by atoms with Crippen molar-refractivity contribution >= 4 is 46.4 Å². The van der Waals surface area contributed by atoms with Crippen molar-refractivity contribution < 1.29 is 9.53 Å². The first-order valence-corrected chi connectivity index (χ1v) is 6.03. The molecule has 1 aromatic rings. The number of rotatable bonds is 3. The summed E-state index contributed by atoms with van der Waals surface area (Å²) >= 11 is 16.2. The van der Waals surface area contributed by atoms with E-state index in [1.165, 1.54) is 6.07 Å². The number of hydrazine groups is 1. The lowest BCUT2D eigenvalue weighted by atomic mass is 10.3. The summed E-state index contributed by atoms with van der Waals surface area (Å²) in [7, 11) is 0. The standard InChI is InChI=1S/C10H11Cl2N3O2S/c1-5(9(16)14-15-10(13)18)17-8-3-2-6(11)4-7(8)12/h2-5H,1H3,(H,14,16)(H3,13,15,18). The maximum absolute atomic E-state index is 11.5. The van der Waals surface area contributed by atoms with Crippen molar-refractivity contribution in [3.63, 3.8) is 0 Å². The van der Waals surface area contributed by atoms with E-state index in [1.807, 2.05) is 0 Å². The van der Waals surface area contributed by atoms with Gasteiger partial charge in [-0.2, -0.15) is 0 Å². The Bertz CT molecular complexity index is 470. The van der Waals surface area contributed by atoms with E-state index in [2.05, 4.69) is 23.1 Å². The molecule has 1 amide bonds. The Morgan fingerprint density at radius 3 is 2.67 bits per heavy atom. The van der Waals surface area contributed by atoms with E-state index in [-0.39, 0.29) is 5.11 Å². The quantitative estimate of drug-likeness (QED) is 0.584. The van der Waals surface area contributed by atoms with Crippen LogP contribution in [0.15, 0.2) is 18.2 Å². The number of thiocarbonyl (C=S) groups is 1. The van der Waals surface area contributed by atoms with Crippen molar-refractivity contribution in [3.05, 3.63) is 28.2 Å². The summed E-state index contributed by atoms with van der Waals surface area (Å²) in [5, 5.41) is 0.768. The molecule has 1 atom stereocenters. The van der Waals surface area contributed by atoms with Gasteiger partial charge in [-0.3, -0.25) is 15.6 Å². The zero-order valence-electron chi connectivity index (χ0n) is 9.37. The molecule has 0 saturated carbocycles. The van der Waals surface area contributed by atoms with Crippen LogP contribution in [0.2, 0.25) is 10.0 Å². The Balaban J connectivity index is 2.60. The third-order valence-corrected chi connectivity index (χ3v) is 2.51. The Morgan fingerprint density at radius 2 is 2.11 bits per heavy atom. The number of benzene rings is 1. The van der Waals surface area contributed by atoms with Crippen LogP contribution in [0.3, 0.4) is 0 Å². The molecule has 0 bridgehead atoms. The van der Waals surface area contributed by atoms with Crippen molar-refractivity contribution in [2.24, 2.45) is 5.73 Å². The van der Waals surface area contributed by atoms with Crippen LogP contribution in [0.4, 0.5) is 0 Å². The number of halogens is 2. The molecule has 18 heavy (non-hydrogen) atoms. The van der Waals surface area contributed by atoms with E-state index >= 15 is 0 Å². The smallest absolute Gasteiger partial charge is 0.279 e. The molecule has 98 valence electrons. The number of nitrogens with one attached hydrogen (secondary N) is 2. The SMILES string of the molecule is CC(Oc1ccc(Cl)cc1Cl)C(=O)NNC(N)=S. The van der Waals surface area contributed by atoms with E-state index in [9.17, 15) is 4.79 Å². The van der Waals surface area contributed by atoms with E-state index in [0.717, 1.165) is 0 Å². The van der Waals surface area contributed by atoms with Crippen LogP contribution in [0.5, 0.6) is 5.75 Å². The molecule has 0 aliphatic rings. The molecule has 0 saturated heterocycles. The lowest BCUT2D eigenvalue weighted by Gasteiger charge is -2.15. The fourth-order valence-electron chi connectivity index (χ4n) is 1.04. The maximum atomic E-state index is 11.5. The van der Waals surface area contributed by atoms with Crippen molar-refractivity contribution in [2.75, 3.05) is 0 Å². The molecular weight excluding hydrogens is 297 g/mol. The number of nitrogens with two attached hydrogens (primary N) is 1. The minimum absolute atomic E-state index is 0.0416. The molecule has 5 nitrogen and oxygen atoms in total. The number of hydrogen-bond donors (Lipinski definition) is 3. The molecule has 0 spiro atoms. The highest BCUT2D eigenvalue weighted by Crippen LogP contribution is 2.28. The molecular formula is C10H11Cl2N3O2S. The summed E-state index contributed by atoms with van der Waals surface area (Å²) in [4.78, 5) is 11.5. The van der Waals surface area contributed by atoms with Crippen LogP contribution in [0, 0.1) is 0 Å². The number of hydrogen-bond acceptors (Lipinski definition) is 3. The highest BCUT2D eigenvalue weighted by Gasteiger charge is 2.16. The number of ether oxygens (including phenoxy) is 1. The van der Waals surface area contributed by atoms with Crippen LogP contribution in [0.1, 0.15) is 6.92 Å². The summed E-state index contributed by atoms with van der Waals surface area (Å²) in [6, 6.07) is 4.71. The van der Waals surface area contributed by atoms with Gasteiger partial charge in [-0.1, -0.05) is 23.2 Å². The Morgan fingerprint density at radius 1 is 1.44 bits per heavy atom. The Labute approximate surface area is 120 Å². The van der Waals surface area contributed by atoms with Gasteiger partial charge in [0.15, 0.2) is 11.2 Å². The predicted molar refractivity (Wildman–Crippen MR) is 74.6 cm³/mol. The summed E-state index contributed by atoms with van der Waals surface area (Å²) in [6.45, 7) is 1.56. The Hall–Kier alpha value is -1.24. The van der Waals surface area contributed by atoms with Gasteiger partial charge < -0.3 is 10.5 Å². The molecule has 0 heterocycles. The normalized spacial score (nSPS) is 11.5. The number of carbonyl (C=O) groups excluding carboxylic acids is 1.